The van der Waals surface area contributed by atoms with Crippen molar-refractivity contribution in [2.24, 2.45) is 7.05 Å². The van der Waals surface area contributed by atoms with Crippen LogP contribution in [0.25, 0.3) is 11.0 Å². The van der Waals surface area contributed by atoms with E-state index >= 15 is 0 Å². The number of anilines is 3. The largest absolute Gasteiger partial charge is 0.369 e. The van der Waals surface area contributed by atoms with E-state index in [1.54, 1.807) is 21.6 Å². The van der Waals surface area contributed by atoms with Crippen molar-refractivity contribution in [1.29, 1.82) is 0 Å². The van der Waals surface area contributed by atoms with E-state index in [4.69, 9.17) is 0 Å². The summed E-state index contributed by atoms with van der Waals surface area (Å²) in [5.41, 5.74) is 7.05. The zero-order valence-corrected chi connectivity index (χ0v) is 17.7. The van der Waals surface area contributed by atoms with Crippen LogP contribution in [0.1, 0.15) is 5.56 Å². The summed E-state index contributed by atoms with van der Waals surface area (Å²) in [6, 6.07) is 6.29. The molecule has 9 nitrogen and oxygen atoms in total. The number of nitrogens with zero attached hydrogens (tertiary/aromatic N) is 6. The number of hydrazine groups is 1. The van der Waals surface area contributed by atoms with Crippen molar-refractivity contribution in [3.8, 4) is 0 Å². The molecule has 1 aliphatic rings. The van der Waals surface area contributed by atoms with Crippen molar-refractivity contribution in [3.05, 3.63) is 53.0 Å². The summed E-state index contributed by atoms with van der Waals surface area (Å²) in [6.45, 7) is 10.2. The second kappa shape index (κ2) is 8.29. The van der Waals surface area contributed by atoms with Crippen LogP contribution >= 0.6 is 0 Å². The molecular formula is C21H28N8O. The van der Waals surface area contributed by atoms with E-state index in [2.05, 4.69) is 56.3 Å². The molecule has 0 unspecified atom stereocenters. The number of nitrogens with one attached hydrogen (secondary N) is 2. The highest BCUT2D eigenvalue weighted by atomic mass is 16.1. The minimum Gasteiger partial charge on any atom is -0.369 e. The highest BCUT2D eigenvalue weighted by molar-refractivity contribution is 5.75. The van der Waals surface area contributed by atoms with Crippen LogP contribution in [0.15, 0.2) is 41.8 Å². The minimum atomic E-state index is -0.113. The lowest BCUT2D eigenvalue weighted by Gasteiger charge is -2.36. The number of hydrogen-bond acceptors (Lipinski definition) is 7. The number of hydrogen-bond donors (Lipinski definition) is 2. The Kier molecular flexibility index (Phi) is 5.56. The second-order valence-electron chi connectivity index (χ2n) is 7.45. The maximum atomic E-state index is 12.5. The van der Waals surface area contributed by atoms with Crippen molar-refractivity contribution in [2.45, 2.75) is 13.5 Å². The van der Waals surface area contributed by atoms with E-state index in [0.29, 0.717) is 23.5 Å². The molecule has 3 aromatic rings. The van der Waals surface area contributed by atoms with Gasteiger partial charge in [-0.2, -0.15) is 4.98 Å². The number of aromatic nitrogens is 4. The fourth-order valence-corrected chi connectivity index (χ4v) is 3.94. The summed E-state index contributed by atoms with van der Waals surface area (Å²) < 4.78 is 3.33. The van der Waals surface area contributed by atoms with Crippen LogP contribution in [0.5, 0.6) is 0 Å². The number of allylic oxidation sites excluding steroid dienone is 1. The maximum absolute atomic E-state index is 12.5. The maximum Gasteiger partial charge on any atom is 0.278 e. The molecule has 158 valence electrons. The Morgan fingerprint density at radius 2 is 2.00 bits per heavy atom. The lowest BCUT2D eigenvalue weighted by molar-refractivity contribution is 0.195. The van der Waals surface area contributed by atoms with Gasteiger partial charge in [0.15, 0.2) is 5.65 Å². The van der Waals surface area contributed by atoms with Gasteiger partial charge < -0.3 is 10.2 Å². The van der Waals surface area contributed by atoms with E-state index in [1.165, 1.54) is 11.3 Å². The first-order chi connectivity index (χ1) is 14.5. The van der Waals surface area contributed by atoms with Gasteiger partial charge in [0.1, 0.15) is 5.39 Å². The molecule has 1 fully saturated rings. The van der Waals surface area contributed by atoms with E-state index in [9.17, 15) is 4.79 Å². The first-order valence-corrected chi connectivity index (χ1v) is 10.1. The molecule has 2 N–H and O–H groups in total. The van der Waals surface area contributed by atoms with Crippen LogP contribution in [0.2, 0.25) is 0 Å². The van der Waals surface area contributed by atoms with E-state index in [-0.39, 0.29) is 5.56 Å². The molecule has 30 heavy (non-hydrogen) atoms. The fraction of sp³-hybridized carbons (Fsp3) is 0.381. The standard InChI is InChI=1S/C21H28N8O/c1-5-8-29-20(30)17-14-23-21(25-19(17)26(29)4)24-16-6-7-18(15(2)13-16)27-9-11-28(22-3)12-10-27/h5-7,13-14,22H,1,8-12H2,2-4H3,(H,23,24,25). The van der Waals surface area contributed by atoms with Gasteiger partial charge in [0.05, 0.1) is 6.54 Å². The van der Waals surface area contributed by atoms with Gasteiger partial charge in [-0.15, -0.1) is 6.58 Å². The number of benzene rings is 1. The molecule has 9 heteroatoms. The smallest absolute Gasteiger partial charge is 0.278 e. The molecule has 0 bridgehead atoms. The van der Waals surface area contributed by atoms with Gasteiger partial charge in [0.25, 0.3) is 5.56 Å². The molecule has 0 spiro atoms. The lowest BCUT2D eigenvalue weighted by Crippen LogP contribution is -2.51. The van der Waals surface area contributed by atoms with Gasteiger partial charge in [0, 0.05) is 50.8 Å². The van der Waals surface area contributed by atoms with Gasteiger partial charge in [-0.1, -0.05) is 6.08 Å². The van der Waals surface area contributed by atoms with Crippen LogP contribution in [0.4, 0.5) is 17.3 Å². The van der Waals surface area contributed by atoms with Crippen LogP contribution in [-0.2, 0) is 13.6 Å². The molecule has 3 heterocycles. The molecule has 1 saturated heterocycles. The minimum absolute atomic E-state index is 0.113. The normalized spacial score (nSPS) is 15.0. The Balaban J connectivity index is 1.55. The summed E-state index contributed by atoms with van der Waals surface area (Å²) in [5.74, 6) is 0.462. The van der Waals surface area contributed by atoms with Crippen LogP contribution in [-0.4, -0.2) is 57.6 Å². The van der Waals surface area contributed by atoms with Gasteiger partial charge in [-0.3, -0.25) is 14.9 Å². The Morgan fingerprint density at radius 1 is 1.23 bits per heavy atom. The molecule has 0 amide bonds. The molecule has 0 saturated carbocycles. The third kappa shape index (κ3) is 3.69. The van der Waals surface area contributed by atoms with Gasteiger partial charge in [-0.25, -0.2) is 14.7 Å². The third-order valence-corrected chi connectivity index (χ3v) is 5.59. The van der Waals surface area contributed by atoms with Crippen molar-refractivity contribution < 1.29 is 0 Å². The van der Waals surface area contributed by atoms with Crippen molar-refractivity contribution in [2.75, 3.05) is 43.4 Å². The Labute approximate surface area is 175 Å². The lowest BCUT2D eigenvalue weighted by atomic mass is 10.1. The number of rotatable bonds is 6. The van der Waals surface area contributed by atoms with Crippen LogP contribution in [0.3, 0.4) is 0 Å². The summed E-state index contributed by atoms with van der Waals surface area (Å²) in [5, 5.41) is 5.99. The molecule has 0 aliphatic carbocycles. The molecule has 0 atom stereocenters. The third-order valence-electron chi connectivity index (χ3n) is 5.59. The summed E-state index contributed by atoms with van der Waals surface area (Å²) >= 11 is 0. The second-order valence-corrected chi connectivity index (χ2v) is 7.45. The van der Waals surface area contributed by atoms with E-state index < -0.39 is 0 Å². The first kappa shape index (κ1) is 20.1. The van der Waals surface area contributed by atoms with E-state index in [0.717, 1.165) is 31.9 Å². The zero-order valence-electron chi connectivity index (χ0n) is 17.7. The average molecular weight is 409 g/mol. The van der Waals surface area contributed by atoms with Gasteiger partial charge in [0.2, 0.25) is 5.95 Å². The van der Waals surface area contributed by atoms with Gasteiger partial charge in [-0.05, 0) is 37.7 Å². The molecule has 2 aromatic heterocycles. The highest BCUT2D eigenvalue weighted by Crippen LogP contribution is 2.26. The molecular weight excluding hydrogens is 380 g/mol. The van der Waals surface area contributed by atoms with Crippen molar-refractivity contribution in [1.82, 2.24) is 29.8 Å². The summed E-state index contributed by atoms with van der Waals surface area (Å²) in [4.78, 5) is 23.8. The Hall–Kier alpha value is -3.17. The molecule has 1 aliphatic heterocycles. The molecule has 1 aromatic carbocycles. The number of aryl methyl sites for hydroxylation is 2. The highest BCUT2D eigenvalue weighted by Gasteiger charge is 2.18. The van der Waals surface area contributed by atoms with Gasteiger partial charge >= 0.3 is 0 Å². The number of piperazine rings is 1. The van der Waals surface area contributed by atoms with Crippen molar-refractivity contribution in [3.63, 3.8) is 0 Å². The fourth-order valence-electron chi connectivity index (χ4n) is 3.94. The number of fused-ring (bicyclic) bond motifs is 1. The van der Waals surface area contributed by atoms with Crippen LogP contribution in [0, 0.1) is 6.92 Å². The zero-order chi connectivity index (χ0) is 21.3. The Morgan fingerprint density at radius 3 is 2.67 bits per heavy atom. The average Bonchev–Trinajstić information content (AvgIpc) is 2.99. The quantitative estimate of drug-likeness (QED) is 0.600. The monoisotopic (exact) mass is 408 g/mol. The van der Waals surface area contributed by atoms with Crippen LogP contribution < -0.4 is 21.2 Å². The van der Waals surface area contributed by atoms with E-state index in [1.807, 2.05) is 20.2 Å². The predicted molar refractivity (Wildman–Crippen MR) is 120 cm³/mol. The molecule has 4 rings (SSSR count). The summed E-state index contributed by atoms with van der Waals surface area (Å²) in [7, 11) is 3.78. The topological polar surface area (TPSA) is 83.2 Å². The Bertz CT molecular complexity index is 1120. The SMILES string of the molecule is C=CCn1c(=O)c2cnc(Nc3ccc(N4CCN(NC)CC4)c(C)c3)nc2n1C. The predicted octanol–water partition coefficient (Wildman–Crippen LogP) is 1.62. The van der Waals surface area contributed by atoms with Crippen molar-refractivity contribution >= 4 is 28.4 Å². The summed E-state index contributed by atoms with van der Waals surface area (Å²) in [6.07, 6.45) is 3.27. The first-order valence-electron chi connectivity index (χ1n) is 10.1. The molecule has 0 radical (unpaired) electrons.